The second kappa shape index (κ2) is 7.85. The molecule has 1 saturated heterocycles. The minimum atomic E-state index is -3.37. The van der Waals surface area contributed by atoms with Gasteiger partial charge >= 0.3 is 0 Å². The summed E-state index contributed by atoms with van der Waals surface area (Å²) in [6, 6.07) is 6.84. The van der Waals surface area contributed by atoms with Crippen LogP contribution in [0.15, 0.2) is 29.6 Å². The van der Waals surface area contributed by atoms with E-state index < -0.39 is 16.1 Å². The zero-order chi connectivity index (χ0) is 18.7. The summed E-state index contributed by atoms with van der Waals surface area (Å²) in [5.41, 5.74) is 2.56. The molecule has 140 valence electrons. The topological polar surface area (TPSA) is 79.4 Å². The fourth-order valence-electron chi connectivity index (χ4n) is 3.16. The van der Waals surface area contributed by atoms with Crippen molar-refractivity contribution in [2.75, 3.05) is 17.6 Å². The number of aryl methyl sites for hydroxylation is 1. The number of sulfonamides is 1. The number of aromatic nitrogens is 1. The van der Waals surface area contributed by atoms with Crippen LogP contribution in [0.25, 0.3) is 11.3 Å². The normalized spacial score (nSPS) is 18.2. The van der Waals surface area contributed by atoms with E-state index in [9.17, 15) is 13.2 Å². The van der Waals surface area contributed by atoms with Crippen molar-refractivity contribution in [1.82, 2.24) is 9.29 Å². The second-order valence-corrected chi connectivity index (χ2v) is 9.51. The smallest absolute Gasteiger partial charge is 0.242 e. The molecule has 2 aromatic rings. The molecule has 1 unspecified atom stereocenters. The van der Waals surface area contributed by atoms with Gasteiger partial charge in [-0.1, -0.05) is 19.1 Å². The number of carbonyl (C=O) groups excluding carboxylic acids is 1. The molecule has 0 saturated carbocycles. The number of amides is 1. The molecule has 1 aromatic carbocycles. The summed E-state index contributed by atoms with van der Waals surface area (Å²) in [5, 5.41) is 5.85. The van der Waals surface area contributed by atoms with Crippen molar-refractivity contribution in [1.29, 1.82) is 0 Å². The predicted molar refractivity (Wildman–Crippen MR) is 105 cm³/mol. The Kier molecular flexibility index (Phi) is 5.74. The molecule has 0 spiro atoms. The molecule has 6 nitrogen and oxygen atoms in total. The van der Waals surface area contributed by atoms with E-state index in [1.54, 1.807) is 11.3 Å². The number of anilines is 1. The first-order valence-electron chi connectivity index (χ1n) is 8.73. The van der Waals surface area contributed by atoms with E-state index in [4.69, 9.17) is 0 Å². The third-order valence-corrected chi connectivity index (χ3v) is 7.24. The first-order valence-corrected chi connectivity index (χ1v) is 11.2. The van der Waals surface area contributed by atoms with E-state index in [0.717, 1.165) is 16.3 Å². The Hall–Kier alpha value is -1.77. The zero-order valence-electron chi connectivity index (χ0n) is 14.9. The first-order chi connectivity index (χ1) is 12.4. The maximum atomic E-state index is 12.6. The summed E-state index contributed by atoms with van der Waals surface area (Å²) in [6.45, 7) is 4.21. The van der Waals surface area contributed by atoms with Crippen LogP contribution in [0.5, 0.6) is 0 Å². The van der Waals surface area contributed by atoms with Crippen LogP contribution >= 0.6 is 11.3 Å². The van der Waals surface area contributed by atoms with Gasteiger partial charge in [-0.2, -0.15) is 4.31 Å². The number of hydrogen-bond donors (Lipinski definition) is 1. The average Bonchev–Trinajstić information content (AvgIpc) is 3.25. The van der Waals surface area contributed by atoms with Crippen LogP contribution < -0.4 is 5.32 Å². The lowest BCUT2D eigenvalue weighted by Gasteiger charge is -2.23. The summed E-state index contributed by atoms with van der Waals surface area (Å²) in [4.78, 5) is 17.1. The number of carbonyl (C=O) groups is 1. The summed E-state index contributed by atoms with van der Waals surface area (Å²) >= 11 is 1.59. The van der Waals surface area contributed by atoms with Crippen LogP contribution in [0, 0.1) is 6.92 Å². The molecule has 3 rings (SSSR count). The third-order valence-electron chi connectivity index (χ3n) is 4.39. The lowest BCUT2D eigenvalue weighted by molar-refractivity contribution is -0.119. The second-order valence-electron chi connectivity index (χ2n) is 6.40. The molecule has 0 bridgehead atoms. The lowest BCUT2D eigenvalue weighted by Crippen LogP contribution is -2.44. The Morgan fingerprint density at radius 3 is 2.69 bits per heavy atom. The molecule has 1 aliphatic rings. The van der Waals surface area contributed by atoms with Gasteiger partial charge in [-0.15, -0.1) is 11.3 Å². The first kappa shape index (κ1) is 19.0. The predicted octanol–water partition coefficient (Wildman–Crippen LogP) is 3.26. The minimum absolute atomic E-state index is 0.0819. The van der Waals surface area contributed by atoms with E-state index in [1.165, 1.54) is 4.31 Å². The van der Waals surface area contributed by atoms with Crippen molar-refractivity contribution in [3.8, 4) is 11.3 Å². The zero-order valence-corrected chi connectivity index (χ0v) is 16.6. The molecule has 26 heavy (non-hydrogen) atoms. The molecule has 1 aromatic heterocycles. The van der Waals surface area contributed by atoms with Gasteiger partial charge in [0.15, 0.2) is 0 Å². The Morgan fingerprint density at radius 1 is 1.35 bits per heavy atom. The van der Waals surface area contributed by atoms with Crippen LogP contribution in [0.3, 0.4) is 0 Å². The Balaban J connectivity index is 1.69. The Labute approximate surface area is 158 Å². The lowest BCUT2D eigenvalue weighted by atomic mass is 10.1. The largest absolute Gasteiger partial charge is 0.325 e. The van der Waals surface area contributed by atoms with Gasteiger partial charge in [0.1, 0.15) is 6.04 Å². The maximum absolute atomic E-state index is 12.6. The van der Waals surface area contributed by atoms with Gasteiger partial charge in [-0.25, -0.2) is 13.4 Å². The molecule has 0 aliphatic carbocycles. The van der Waals surface area contributed by atoms with Crippen LogP contribution in [-0.4, -0.2) is 42.0 Å². The number of nitrogens with one attached hydrogen (secondary N) is 1. The highest BCUT2D eigenvalue weighted by Gasteiger charge is 2.38. The van der Waals surface area contributed by atoms with E-state index in [-0.39, 0.29) is 11.7 Å². The van der Waals surface area contributed by atoms with Crippen molar-refractivity contribution in [3.05, 3.63) is 34.7 Å². The SMILES string of the molecule is CCCS(=O)(=O)N1CCCC1C(=O)Nc1ccc(-c2csc(C)n2)cc1. The fourth-order valence-corrected chi connectivity index (χ4v) is 5.52. The highest BCUT2D eigenvalue weighted by atomic mass is 32.2. The van der Waals surface area contributed by atoms with Crippen LogP contribution in [0.4, 0.5) is 5.69 Å². The van der Waals surface area contributed by atoms with Gasteiger partial charge in [-0.3, -0.25) is 4.79 Å². The van der Waals surface area contributed by atoms with Gasteiger partial charge < -0.3 is 5.32 Å². The summed E-state index contributed by atoms with van der Waals surface area (Å²) in [7, 11) is -3.37. The number of thiazole rings is 1. The van der Waals surface area contributed by atoms with Gasteiger partial charge in [0, 0.05) is 23.2 Å². The molecule has 2 heterocycles. The minimum Gasteiger partial charge on any atom is -0.325 e. The third kappa shape index (κ3) is 4.13. The van der Waals surface area contributed by atoms with Crippen molar-refractivity contribution in [2.45, 2.75) is 39.2 Å². The molecule has 1 atom stereocenters. The van der Waals surface area contributed by atoms with Gasteiger partial charge in [-0.05, 0) is 38.3 Å². The highest BCUT2D eigenvalue weighted by Crippen LogP contribution is 2.25. The van der Waals surface area contributed by atoms with E-state index in [0.29, 0.717) is 31.5 Å². The van der Waals surface area contributed by atoms with E-state index >= 15 is 0 Å². The number of hydrogen-bond acceptors (Lipinski definition) is 5. The molecule has 1 amide bonds. The molecule has 1 N–H and O–H groups in total. The molecular weight excluding hydrogens is 370 g/mol. The number of nitrogens with zero attached hydrogens (tertiary/aromatic N) is 2. The van der Waals surface area contributed by atoms with Crippen molar-refractivity contribution in [2.24, 2.45) is 0 Å². The molecular formula is C18H23N3O3S2. The fraction of sp³-hybridized carbons (Fsp3) is 0.444. The summed E-state index contributed by atoms with van der Waals surface area (Å²) in [6.07, 6.45) is 1.82. The van der Waals surface area contributed by atoms with Crippen molar-refractivity contribution < 1.29 is 13.2 Å². The Morgan fingerprint density at radius 2 is 2.08 bits per heavy atom. The summed E-state index contributed by atoms with van der Waals surface area (Å²) in [5.74, 6) is -0.183. The number of benzene rings is 1. The van der Waals surface area contributed by atoms with Crippen LogP contribution in [0.1, 0.15) is 31.2 Å². The van der Waals surface area contributed by atoms with Gasteiger partial charge in [0.25, 0.3) is 0 Å². The molecule has 1 aliphatic heterocycles. The van der Waals surface area contributed by atoms with Gasteiger partial charge in [0.2, 0.25) is 15.9 Å². The maximum Gasteiger partial charge on any atom is 0.242 e. The average molecular weight is 394 g/mol. The van der Waals surface area contributed by atoms with E-state index in [2.05, 4.69) is 10.3 Å². The monoisotopic (exact) mass is 393 g/mol. The number of rotatable bonds is 6. The van der Waals surface area contributed by atoms with Gasteiger partial charge in [0.05, 0.1) is 16.5 Å². The van der Waals surface area contributed by atoms with Crippen LogP contribution in [0.2, 0.25) is 0 Å². The molecule has 8 heteroatoms. The van der Waals surface area contributed by atoms with Crippen molar-refractivity contribution >= 4 is 33.0 Å². The Bertz CT molecular complexity index is 875. The van der Waals surface area contributed by atoms with Crippen LogP contribution in [-0.2, 0) is 14.8 Å². The molecule has 1 fully saturated rings. The quantitative estimate of drug-likeness (QED) is 0.817. The molecule has 0 radical (unpaired) electrons. The standard InChI is InChI=1S/C18H23N3O3S2/c1-3-11-26(23,24)21-10-4-5-17(21)18(22)20-15-8-6-14(7-9-15)16-12-25-13(2)19-16/h6-9,12,17H,3-5,10-11H2,1-2H3,(H,20,22). The summed E-state index contributed by atoms with van der Waals surface area (Å²) < 4.78 is 26.0. The van der Waals surface area contributed by atoms with E-state index in [1.807, 2.05) is 43.5 Å². The van der Waals surface area contributed by atoms with Crippen molar-refractivity contribution in [3.63, 3.8) is 0 Å². The highest BCUT2D eigenvalue weighted by molar-refractivity contribution is 7.89.